The van der Waals surface area contributed by atoms with Gasteiger partial charge in [0.2, 0.25) is 0 Å². The van der Waals surface area contributed by atoms with Crippen LogP contribution in [0.2, 0.25) is 0 Å². The fourth-order valence-electron chi connectivity index (χ4n) is 2.61. The van der Waals surface area contributed by atoms with Crippen LogP contribution in [-0.4, -0.2) is 18.9 Å². The highest BCUT2D eigenvalue weighted by Gasteiger charge is 2.37. The maximum Gasteiger partial charge on any atom is 0.168 e. The minimum atomic E-state index is -0.269. The first-order valence-corrected chi connectivity index (χ1v) is 6.43. The number of Topliss-reactive ketones (excluding diaryl/α,β-unsaturated/α-hetero) is 1. The van der Waals surface area contributed by atoms with E-state index < -0.39 is 0 Å². The highest BCUT2D eigenvalue weighted by molar-refractivity contribution is 6.00. The van der Waals surface area contributed by atoms with E-state index in [-0.39, 0.29) is 11.2 Å². The average Bonchev–Trinajstić information content (AvgIpc) is 2.40. The van der Waals surface area contributed by atoms with Crippen LogP contribution in [0.4, 0.5) is 0 Å². The van der Waals surface area contributed by atoms with E-state index >= 15 is 0 Å². The van der Waals surface area contributed by atoms with Crippen LogP contribution in [-0.2, 0) is 0 Å². The van der Waals surface area contributed by atoms with E-state index in [0.717, 1.165) is 25.1 Å². The lowest BCUT2D eigenvalue weighted by Crippen LogP contribution is -2.42. The molecule has 1 atom stereocenters. The monoisotopic (exact) mass is 231 g/mol. The summed E-state index contributed by atoms with van der Waals surface area (Å²) < 4.78 is 0. The Morgan fingerprint density at radius 1 is 1.29 bits per heavy atom. The van der Waals surface area contributed by atoms with E-state index in [4.69, 9.17) is 0 Å². The smallest absolute Gasteiger partial charge is 0.168 e. The van der Waals surface area contributed by atoms with Crippen LogP contribution < -0.4 is 5.32 Å². The van der Waals surface area contributed by atoms with Crippen LogP contribution in [0.1, 0.15) is 37.0 Å². The molecule has 1 aliphatic heterocycles. The molecule has 1 aromatic rings. The molecule has 1 unspecified atom stereocenters. The van der Waals surface area contributed by atoms with Crippen molar-refractivity contribution in [3.63, 3.8) is 0 Å². The maximum atomic E-state index is 12.5. The molecule has 0 saturated carbocycles. The van der Waals surface area contributed by atoms with Crippen molar-refractivity contribution in [1.82, 2.24) is 5.32 Å². The first-order valence-electron chi connectivity index (χ1n) is 6.43. The van der Waals surface area contributed by atoms with Crippen molar-refractivity contribution in [2.24, 2.45) is 11.3 Å². The fraction of sp³-hybridized carbons (Fsp3) is 0.533. The number of carbonyl (C=O) groups excluding carboxylic acids is 1. The zero-order valence-corrected chi connectivity index (χ0v) is 10.7. The molecule has 0 bridgehead atoms. The molecule has 1 aliphatic rings. The van der Waals surface area contributed by atoms with Crippen LogP contribution in [0, 0.1) is 11.3 Å². The molecular weight excluding hydrogens is 210 g/mol. The van der Waals surface area contributed by atoms with Gasteiger partial charge in [-0.05, 0) is 31.8 Å². The Balaban J connectivity index is 2.17. The first-order chi connectivity index (χ1) is 8.12. The van der Waals surface area contributed by atoms with Crippen LogP contribution in [0.5, 0.6) is 0 Å². The number of hydrogen-bond donors (Lipinski definition) is 1. The fourth-order valence-corrected chi connectivity index (χ4v) is 2.61. The second kappa shape index (κ2) is 5.01. The van der Waals surface area contributed by atoms with Crippen molar-refractivity contribution in [3.8, 4) is 0 Å². The van der Waals surface area contributed by atoms with Crippen molar-refractivity contribution < 1.29 is 4.79 Å². The molecule has 0 spiro atoms. The first kappa shape index (κ1) is 12.3. The van der Waals surface area contributed by atoms with Gasteiger partial charge in [0.05, 0.1) is 0 Å². The van der Waals surface area contributed by atoms with Gasteiger partial charge in [-0.1, -0.05) is 44.2 Å². The van der Waals surface area contributed by atoms with Gasteiger partial charge in [-0.3, -0.25) is 4.79 Å². The van der Waals surface area contributed by atoms with Gasteiger partial charge in [0.1, 0.15) is 0 Å². The zero-order valence-electron chi connectivity index (χ0n) is 10.7. The lowest BCUT2D eigenvalue weighted by Gasteiger charge is -2.36. The quantitative estimate of drug-likeness (QED) is 0.810. The van der Waals surface area contributed by atoms with Gasteiger partial charge in [0.25, 0.3) is 0 Å². The van der Waals surface area contributed by atoms with Crippen molar-refractivity contribution in [1.29, 1.82) is 0 Å². The summed E-state index contributed by atoms with van der Waals surface area (Å²) in [6.45, 7) is 6.22. The summed E-state index contributed by atoms with van der Waals surface area (Å²) in [5, 5.41) is 3.40. The molecule has 2 nitrogen and oxygen atoms in total. The summed E-state index contributed by atoms with van der Waals surface area (Å²) in [5.74, 6) is 0.718. The molecule has 1 aromatic carbocycles. The van der Waals surface area contributed by atoms with Crippen LogP contribution in [0.3, 0.4) is 0 Å². The summed E-state index contributed by atoms with van der Waals surface area (Å²) in [7, 11) is 0. The minimum absolute atomic E-state index is 0.269. The maximum absolute atomic E-state index is 12.5. The SMILES string of the molecule is CC(C)(C(=O)c1ccccc1)C1CCCNC1. The van der Waals surface area contributed by atoms with Gasteiger partial charge in [0, 0.05) is 11.0 Å². The number of benzene rings is 1. The largest absolute Gasteiger partial charge is 0.316 e. The van der Waals surface area contributed by atoms with Crippen molar-refractivity contribution in [2.75, 3.05) is 13.1 Å². The Labute approximate surface area is 103 Å². The molecule has 1 fully saturated rings. The molecule has 0 amide bonds. The molecule has 2 heteroatoms. The topological polar surface area (TPSA) is 29.1 Å². The minimum Gasteiger partial charge on any atom is -0.316 e. The predicted octanol–water partition coefficient (Wildman–Crippen LogP) is 2.90. The molecule has 0 aliphatic carbocycles. The molecule has 92 valence electrons. The Morgan fingerprint density at radius 3 is 2.59 bits per heavy atom. The van der Waals surface area contributed by atoms with E-state index in [0.29, 0.717) is 5.92 Å². The van der Waals surface area contributed by atoms with Crippen molar-refractivity contribution >= 4 is 5.78 Å². The Hall–Kier alpha value is -1.15. The Kier molecular flexibility index (Phi) is 3.63. The van der Waals surface area contributed by atoms with E-state index in [1.54, 1.807) is 0 Å². The molecule has 0 radical (unpaired) electrons. The van der Waals surface area contributed by atoms with Gasteiger partial charge in [-0.25, -0.2) is 0 Å². The third-order valence-corrected chi connectivity index (χ3v) is 3.94. The van der Waals surface area contributed by atoms with Crippen LogP contribution >= 0.6 is 0 Å². The third-order valence-electron chi connectivity index (χ3n) is 3.94. The van der Waals surface area contributed by atoms with Crippen molar-refractivity contribution in [2.45, 2.75) is 26.7 Å². The molecule has 1 saturated heterocycles. The summed E-state index contributed by atoms with van der Waals surface area (Å²) in [6.07, 6.45) is 2.33. The zero-order chi connectivity index (χ0) is 12.3. The highest BCUT2D eigenvalue weighted by atomic mass is 16.1. The Morgan fingerprint density at radius 2 is 2.00 bits per heavy atom. The lowest BCUT2D eigenvalue weighted by atomic mass is 9.70. The molecule has 2 rings (SSSR count). The van der Waals surface area contributed by atoms with Gasteiger partial charge in [-0.2, -0.15) is 0 Å². The summed E-state index contributed by atoms with van der Waals surface area (Å²) in [4.78, 5) is 12.5. The number of nitrogens with one attached hydrogen (secondary N) is 1. The predicted molar refractivity (Wildman–Crippen MR) is 70.1 cm³/mol. The van der Waals surface area contributed by atoms with Gasteiger partial charge in [0.15, 0.2) is 5.78 Å². The number of piperidine rings is 1. The third kappa shape index (κ3) is 2.58. The average molecular weight is 231 g/mol. The van der Waals surface area contributed by atoms with Gasteiger partial charge >= 0.3 is 0 Å². The number of hydrogen-bond acceptors (Lipinski definition) is 2. The summed E-state index contributed by atoms with van der Waals surface area (Å²) >= 11 is 0. The van der Waals surface area contributed by atoms with Crippen molar-refractivity contribution in [3.05, 3.63) is 35.9 Å². The standard InChI is InChI=1S/C15H21NO/c1-15(2,13-9-6-10-16-11-13)14(17)12-7-4-3-5-8-12/h3-5,7-8,13,16H,6,9-11H2,1-2H3. The van der Waals surface area contributed by atoms with Gasteiger partial charge in [-0.15, -0.1) is 0 Å². The normalized spacial score (nSPS) is 21.2. The number of ketones is 1. The highest BCUT2D eigenvalue weighted by Crippen LogP contribution is 2.34. The molecular formula is C15H21NO. The number of rotatable bonds is 3. The van der Waals surface area contributed by atoms with E-state index in [1.807, 2.05) is 30.3 Å². The molecule has 17 heavy (non-hydrogen) atoms. The summed E-state index contributed by atoms with van der Waals surface area (Å²) in [5.41, 5.74) is 0.567. The second-order valence-electron chi connectivity index (χ2n) is 5.46. The summed E-state index contributed by atoms with van der Waals surface area (Å²) in [6, 6.07) is 9.65. The molecule has 1 heterocycles. The van der Waals surface area contributed by atoms with Crippen LogP contribution in [0.25, 0.3) is 0 Å². The molecule has 1 N–H and O–H groups in total. The lowest BCUT2D eigenvalue weighted by molar-refractivity contribution is 0.0708. The van der Waals surface area contributed by atoms with E-state index in [9.17, 15) is 4.79 Å². The second-order valence-corrected chi connectivity index (χ2v) is 5.46. The van der Waals surface area contributed by atoms with E-state index in [2.05, 4.69) is 19.2 Å². The Bertz CT molecular complexity index is 377. The molecule has 0 aromatic heterocycles. The van der Waals surface area contributed by atoms with Gasteiger partial charge < -0.3 is 5.32 Å². The van der Waals surface area contributed by atoms with Crippen LogP contribution in [0.15, 0.2) is 30.3 Å². The number of carbonyl (C=O) groups is 1. The van der Waals surface area contributed by atoms with E-state index in [1.165, 1.54) is 6.42 Å².